The summed E-state index contributed by atoms with van der Waals surface area (Å²) in [6.45, 7) is 11.6. The molecule has 4 rings (SSSR count). The summed E-state index contributed by atoms with van der Waals surface area (Å²) in [4.78, 5) is 53.8. The number of anilines is 1. The molecule has 0 radical (unpaired) electrons. The van der Waals surface area contributed by atoms with E-state index in [1.165, 1.54) is 25.0 Å². The number of rotatable bonds is 11. The number of aromatic carboxylic acids is 1. The number of alkyl carbamates (subject to hydrolysis) is 1. The number of amides is 4. The number of urea groups is 1. The molecule has 2 aromatic rings. The molecule has 1 aliphatic carbocycles. The Kier molecular flexibility index (Phi) is 9.13. The van der Waals surface area contributed by atoms with Crippen molar-refractivity contribution < 1.29 is 29.0 Å². The molecule has 1 aliphatic heterocycles. The van der Waals surface area contributed by atoms with Crippen LogP contribution in [0.1, 0.15) is 68.9 Å². The maximum atomic E-state index is 13.4. The second-order valence-electron chi connectivity index (χ2n) is 12.9. The quantitative estimate of drug-likeness (QED) is 0.359. The summed E-state index contributed by atoms with van der Waals surface area (Å²) >= 11 is 0. The highest BCUT2D eigenvalue weighted by atomic mass is 16.6. The average Bonchev–Trinajstić information content (AvgIpc) is 3.67. The number of carboxylic acids is 1. The lowest BCUT2D eigenvalue weighted by Gasteiger charge is -2.28. The number of carbonyl (C=O) groups is 4. The molecule has 0 aromatic heterocycles. The third-order valence-electron chi connectivity index (χ3n) is 7.58. The minimum absolute atomic E-state index is 0.0266. The maximum absolute atomic E-state index is 13.4. The lowest BCUT2D eigenvalue weighted by atomic mass is 9.84. The number of hydrogen-bond acceptors (Lipinski definition) is 5. The summed E-state index contributed by atoms with van der Waals surface area (Å²) < 4.78 is 5.41. The van der Waals surface area contributed by atoms with E-state index in [-0.39, 0.29) is 30.5 Å². The second-order valence-corrected chi connectivity index (χ2v) is 12.9. The van der Waals surface area contributed by atoms with Crippen LogP contribution in [-0.2, 0) is 21.4 Å². The van der Waals surface area contributed by atoms with Crippen LogP contribution >= 0.6 is 0 Å². The fourth-order valence-corrected chi connectivity index (χ4v) is 4.91. The van der Waals surface area contributed by atoms with Gasteiger partial charge in [0.15, 0.2) is 0 Å². The molecule has 3 N–H and O–H groups in total. The van der Waals surface area contributed by atoms with E-state index in [0.29, 0.717) is 12.5 Å². The SMILES string of the molecule is CC(C)(C)OC(=O)N[C@@H](Cc1ccc(N2CCN(CC3CC3)C2=O)cc1)C(=O)NCC(C)(C)c1ccc(C(=O)O)cc1. The molecule has 1 heterocycles. The zero-order valence-corrected chi connectivity index (χ0v) is 25.1. The Hall–Kier alpha value is -4.08. The first-order valence-corrected chi connectivity index (χ1v) is 14.5. The minimum atomic E-state index is -1.00. The normalized spacial score (nSPS) is 16.3. The number of nitrogens with zero attached hydrogens (tertiary/aromatic N) is 2. The van der Waals surface area contributed by atoms with Gasteiger partial charge in [-0.25, -0.2) is 14.4 Å². The Morgan fingerprint density at radius 3 is 2.19 bits per heavy atom. The third-order valence-corrected chi connectivity index (χ3v) is 7.58. The van der Waals surface area contributed by atoms with Crippen molar-refractivity contribution in [1.29, 1.82) is 0 Å². The molecule has 10 heteroatoms. The van der Waals surface area contributed by atoms with Crippen molar-refractivity contribution in [3.63, 3.8) is 0 Å². The van der Waals surface area contributed by atoms with Crippen molar-refractivity contribution in [1.82, 2.24) is 15.5 Å². The Labute approximate surface area is 247 Å². The van der Waals surface area contributed by atoms with Crippen molar-refractivity contribution in [3.05, 3.63) is 65.2 Å². The summed E-state index contributed by atoms with van der Waals surface area (Å²) in [6.07, 6.45) is 1.92. The molecule has 1 atom stereocenters. The van der Waals surface area contributed by atoms with Gasteiger partial charge in [-0.3, -0.25) is 9.69 Å². The highest BCUT2D eigenvalue weighted by Gasteiger charge is 2.34. The van der Waals surface area contributed by atoms with Gasteiger partial charge in [-0.1, -0.05) is 38.1 Å². The smallest absolute Gasteiger partial charge is 0.408 e. The van der Waals surface area contributed by atoms with Crippen LogP contribution in [0.2, 0.25) is 0 Å². The molecule has 4 amide bonds. The third kappa shape index (κ3) is 8.24. The summed E-state index contributed by atoms with van der Waals surface area (Å²) in [5.74, 6) is -0.732. The van der Waals surface area contributed by atoms with Gasteiger partial charge in [0.05, 0.1) is 5.56 Å². The van der Waals surface area contributed by atoms with Crippen molar-refractivity contribution in [3.8, 4) is 0 Å². The van der Waals surface area contributed by atoms with Crippen LogP contribution < -0.4 is 15.5 Å². The standard InChI is InChI=1S/C32H42N4O6/c1-31(2,3)42-29(40)34-26(27(37)33-20-32(4,5)24-12-10-23(11-13-24)28(38)39)18-21-8-14-25(15-9-21)36-17-16-35(30(36)41)19-22-6-7-22/h8-15,22,26H,6-7,16-20H2,1-5H3,(H,33,37)(H,34,40)(H,38,39)/t26-/m0/s1. The molecule has 2 aliphatic rings. The fraction of sp³-hybridized carbons (Fsp3) is 0.500. The average molecular weight is 579 g/mol. The first-order valence-electron chi connectivity index (χ1n) is 14.5. The Balaban J connectivity index is 1.42. The van der Waals surface area contributed by atoms with E-state index in [1.807, 2.05) is 43.0 Å². The Morgan fingerprint density at radius 2 is 1.62 bits per heavy atom. The zero-order valence-electron chi connectivity index (χ0n) is 25.1. The summed E-state index contributed by atoms with van der Waals surface area (Å²) in [5, 5.41) is 14.8. The number of nitrogens with one attached hydrogen (secondary N) is 2. The molecule has 1 saturated heterocycles. The molecule has 0 bridgehead atoms. The van der Waals surface area contributed by atoms with Crippen molar-refractivity contribution in [2.75, 3.05) is 31.1 Å². The van der Waals surface area contributed by atoms with Crippen molar-refractivity contribution in [2.24, 2.45) is 5.92 Å². The predicted molar refractivity (Wildman–Crippen MR) is 160 cm³/mol. The van der Waals surface area contributed by atoms with E-state index >= 15 is 0 Å². The first-order chi connectivity index (χ1) is 19.7. The van der Waals surface area contributed by atoms with Gasteiger partial charge in [-0.2, -0.15) is 0 Å². The van der Waals surface area contributed by atoms with Gasteiger partial charge in [0, 0.05) is 43.7 Å². The molecule has 0 spiro atoms. The fourth-order valence-electron chi connectivity index (χ4n) is 4.91. The Bertz CT molecular complexity index is 1300. The zero-order chi connectivity index (χ0) is 30.7. The molecule has 226 valence electrons. The van der Waals surface area contributed by atoms with E-state index in [9.17, 15) is 24.3 Å². The Morgan fingerprint density at radius 1 is 0.976 bits per heavy atom. The molecular weight excluding hydrogens is 536 g/mol. The van der Waals surface area contributed by atoms with E-state index in [4.69, 9.17) is 4.74 Å². The monoisotopic (exact) mass is 578 g/mol. The van der Waals surface area contributed by atoms with Gasteiger partial charge in [-0.05, 0) is 74.9 Å². The van der Waals surface area contributed by atoms with Gasteiger partial charge in [0.25, 0.3) is 0 Å². The lowest BCUT2D eigenvalue weighted by Crippen LogP contribution is -2.51. The van der Waals surface area contributed by atoms with Crippen molar-refractivity contribution >= 4 is 29.7 Å². The van der Waals surface area contributed by atoms with Crippen LogP contribution in [-0.4, -0.2) is 71.8 Å². The number of hydrogen-bond donors (Lipinski definition) is 3. The number of ether oxygens (including phenoxy) is 1. The van der Waals surface area contributed by atoms with Crippen LogP contribution in [0.15, 0.2) is 48.5 Å². The van der Waals surface area contributed by atoms with Crippen LogP contribution in [0.4, 0.5) is 15.3 Å². The number of carbonyl (C=O) groups excluding carboxylic acids is 3. The van der Waals surface area contributed by atoms with Crippen LogP contribution in [0, 0.1) is 5.92 Å². The van der Waals surface area contributed by atoms with E-state index in [1.54, 1.807) is 37.8 Å². The molecule has 42 heavy (non-hydrogen) atoms. The van der Waals surface area contributed by atoms with Crippen LogP contribution in [0.5, 0.6) is 0 Å². The van der Waals surface area contributed by atoms with Gasteiger partial charge in [0.1, 0.15) is 11.6 Å². The number of benzene rings is 2. The van der Waals surface area contributed by atoms with Crippen LogP contribution in [0.25, 0.3) is 0 Å². The molecule has 2 aromatic carbocycles. The van der Waals surface area contributed by atoms with Crippen molar-refractivity contribution in [2.45, 2.75) is 70.9 Å². The van der Waals surface area contributed by atoms with Gasteiger partial charge < -0.3 is 25.4 Å². The highest BCUT2D eigenvalue weighted by Crippen LogP contribution is 2.31. The van der Waals surface area contributed by atoms with Gasteiger partial charge in [-0.15, -0.1) is 0 Å². The maximum Gasteiger partial charge on any atom is 0.408 e. The first kappa shape index (κ1) is 30.9. The van der Waals surface area contributed by atoms with E-state index in [2.05, 4.69) is 10.6 Å². The lowest BCUT2D eigenvalue weighted by molar-refractivity contribution is -0.123. The van der Waals surface area contributed by atoms with Gasteiger partial charge >= 0.3 is 18.1 Å². The second kappa shape index (κ2) is 12.4. The minimum Gasteiger partial charge on any atom is -0.478 e. The summed E-state index contributed by atoms with van der Waals surface area (Å²) in [7, 11) is 0. The highest BCUT2D eigenvalue weighted by molar-refractivity contribution is 5.94. The van der Waals surface area contributed by atoms with Crippen LogP contribution in [0.3, 0.4) is 0 Å². The molecule has 2 fully saturated rings. The summed E-state index contributed by atoms with van der Waals surface area (Å²) in [6, 6.07) is 13.2. The predicted octanol–water partition coefficient (Wildman–Crippen LogP) is 4.57. The molecule has 1 saturated carbocycles. The number of carboxylic acid groups (broad SMARTS) is 1. The molecule has 10 nitrogen and oxygen atoms in total. The van der Waals surface area contributed by atoms with E-state index < -0.39 is 29.1 Å². The molecular formula is C32H42N4O6. The molecule has 0 unspecified atom stereocenters. The largest absolute Gasteiger partial charge is 0.478 e. The summed E-state index contributed by atoms with van der Waals surface area (Å²) in [5.41, 5.74) is 1.45. The van der Waals surface area contributed by atoms with Gasteiger partial charge in [0.2, 0.25) is 5.91 Å². The topological polar surface area (TPSA) is 128 Å². The van der Waals surface area contributed by atoms with E-state index in [0.717, 1.165) is 29.9 Å².